The smallest absolute Gasteiger partial charge is 0.339 e. The third-order valence-corrected chi connectivity index (χ3v) is 8.24. The fraction of sp³-hybridized carbons (Fsp3) is 0.682. The van der Waals surface area contributed by atoms with Gasteiger partial charge in [0.1, 0.15) is 18.8 Å². The molecular weight excluding hydrogens is 408 g/mol. The molecule has 0 amide bonds. The van der Waals surface area contributed by atoms with Crippen LogP contribution in [0, 0.1) is 22.7 Å². The first-order valence-corrected chi connectivity index (χ1v) is 10.6. The second-order valence-corrected chi connectivity index (χ2v) is 9.55. The first-order chi connectivity index (χ1) is 14.6. The number of rotatable bonds is 3. The van der Waals surface area contributed by atoms with Crippen molar-refractivity contribution < 1.29 is 43.2 Å². The van der Waals surface area contributed by atoms with E-state index in [1.54, 1.807) is 6.07 Å². The number of aliphatic hydroxyl groups is 2. The van der Waals surface area contributed by atoms with Gasteiger partial charge in [0.15, 0.2) is 5.60 Å². The first kappa shape index (κ1) is 20.5. The minimum Gasteiger partial charge on any atom is -0.472 e. The molecule has 2 aliphatic heterocycles. The number of hydrogen-bond donors (Lipinski definition) is 2. The van der Waals surface area contributed by atoms with Gasteiger partial charge >= 0.3 is 17.9 Å². The molecule has 0 unspecified atom stereocenters. The van der Waals surface area contributed by atoms with E-state index in [-0.39, 0.29) is 25.4 Å². The van der Waals surface area contributed by atoms with Crippen LogP contribution in [-0.2, 0) is 28.6 Å². The van der Waals surface area contributed by atoms with Crippen molar-refractivity contribution in [2.24, 2.45) is 22.7 Å². The van der Waals surface area contributed by atoms with Crippen LogP contribution in [0.1, 0.15) is 51.2 Å². The van der Waals surface area contributed by atoms with E-state index in [0.29, 0.717) is 12.8 Å². The zero-order chi connectivity index (χ0) is 22.2. The molecule has 8 atom stereocenters. The fourth-order valence-corrected chi connectivity index (χ4v) is 6.82. The number of carbonyl (C=O) groups excluding carboxylic acids is 3. The van der Waals surface area contributed by atoms with Crippen molar-refractivity contribution in [3.8, 4) is 0 Å². The molecule has 1 aromatic heterocycles. The van der Waals surface area contributed by atoms with Crippen LogP contribution in [0.4, 0.5) is 0 Å². The van der Waals surface area contributed by atoms with Crippen molar-refractivity contribution in [3.05, 3.63) is 24.2 Å². The van der Waals surface area contributed by atoms with Gasteiger partial charge in [-0.3, -0.25) is 9.59 Å². The lowest BCUT2D eigenvalue weighted by molar-refractivity contribution is -0.234. The molecule has 2 saturated heterocycles. The van der Waals surface area contributed by atoms with Gasteiger partial charge in [-0.25, -0.2) is 4.79 Å². The van der Waals surface area contributed by atoms with Crippen molar-refractivity contribution in [1.82, 2.24) is 0 Å². The van der Waals surface area contributed by atoms with Crippen molar-refractivity contribution >= 4 is 17.9 Å². The molecule has 0 aromatic carbocycles. The van der Waals surface area contributed by atoms with Gasteiger partial charge < -0.3 is 28.8 Å². The van der Waals surface area contributed by atoms with Gasteiger partial charge in [-0.2, -0.15) is 0 Å². The summed E-state index contributed by atoms with van der Waals surface area (Å²) in [5, 5.41) is 22.3. The van der Waals surface area contributed by atoms with Gasteiger partial charge in [-0.05, 0) is 30.7 Å². The molecule has 0 bridgehead atoms. The second kappa shape index (κ2) is 6.56. The number of cyclic esters (lactones) is 1. The maximum atomic E-state index is 13.5. The second-order valence-electron chi connectivity index (χ2n) is 9.55. The predicted molar refractivity (Wildman–Crippen MR) is 101 cm³/mol. The Labute approximate surface area is 178 Å². The highest BCUT2D eigenvalue weighted by molar-refractivity contribution is 5.86. The van der Waals surface area contributed by atoms with Crippen LogP contribution in [0.2, 0.25) is 0 Å². The molecule has 2 aliphatic carbocycles. The number of ether oxygens (including phenoxy) is 3. The average Bonchev–Trinajstić information content (AvgIpc) is 3.37. The number of aliphatic hydroxyl groups excluding tert-OH is 1. The van der Waals surface area contributed by atoms with Crippen molar-refractivity contribution in [1.29, 1.82) is 0 Å². The van der Waals surface area contributed by atoms with Crippen LogP contribution in [0.3, 0.4) is 0 Å². The van der Waals surface area contributed by atoms with Crippen LogP contribution >= 0.6 is 0 Å². The summed E-state index contributed by atoms with van der Waals surface area (Å²) < 4.78 is 21.9. The third-order valence-electron chi connectivity index (χ3n) is 8.24. The minimum absolute atomic E-state index is 0.161. The summed E-state index contributed by atoms with van der Waals surface area (Å²) in [6, 6.07) is 1.73. The Kier molecular flexibility index (Phi) is 4.34. The number of carbonyl (C=O) groups is 3. The fourth-order valence-electron chi connectivity index (χ4n) is 6.82. The highest BCUT2D eigenvalue weighted by Gasteiger charge is 2.80. The first-order valence-electron chi connectivity index (χ1n) is 10.6. The highest BCUT2D eigenvalue weighted by atomic mass is 16.6. The number of furan rings is 1. The number of fused-ring (bicyclic) bond motifs is 1. The SMILES string of the molecule is CC(=O)OC[C@]12[C@@H]3C[C@H](C)[C@@]4(C[C@@H](c5ccoc5)OC4=O)[C@H]1C[C@H](O)C[C@]2(O)C(=O)O3. The average molecular weight is 434 g/mol. The Bertz CT molecular complexity index is 925. The van der Waals surface area contributed by atoms with Gasteiger partial charge in [-0.15, -0.1) is 0 Å². The maximum Gasteiger partial charge on any atom is 0.339 e. The van der Waals surface area contributed by atoms with E-state index >= 15 is 0 Å². The molecule has 31 heavy (non-hydrogen) atoms. The Morgan fingerprint density at radius 3 is 2.68 bits per heavy atom. The molecule has 1 aromatic rings. The van der Waals surface area contributed by atoms with E-state index in [0.717, 1.165) is 5.56 Å². The largest absolute Gasteiger partial charge is 0.472 e. The van der Waals surface area contributed by atoms with Crippen molar-refractivity contribution in [3.63, 3.8) is 0 Å². The lowest BCUT2D eigenvalue weighted by Crippen LogP contribution is -2.70. The molecule has 2 N–H and O–H groups in total. The van der Waals surface area contributed by atoms with Crippen LogP contribution < -0.4 is 0 Å². The summed E-state index contributed by atoms with van der Waals surface area (Å²) in [5.74, 6) is -2.77. The topological polar surface area (TPSA) is 132 Å². The Morgan fingerprint density at radius 2 is 2.00 bits per heavy atom. The molecule has 168 valence electrons. The van der Waals surface area contributed by atoms with Gasteiger partial charge in [0.05, 0.1) is 29.5 Å². The molecule has 1 spiro atoms. The van der Waals surface area contributed by atoms with Gasteiger partial charge in [0.25, 0.3) is 0 Å². The molecule has 4 aliphatic rings. The lowest BCUT2D eigenvalue weighted by atomic mass is 9.42. The van der Waals surface area contributed by atoms with E-state index < -0.39 is 58.6 Å². The van der Waals surface area contributed by atoms with Gasteiger partial charge in [0.2, 0.25) is 0 Å². The van der Waals surface area contributed by atoms with E-state index in [1.807, 2.05) is 6.92 Å². The van der Waals surface area contributed by atoms with Crippen LogP contribution in [0.5, 0.6) is 0 Å². The lowest BCUT2D eigenvalue weighted by Gasteiger charge is -2.60. The highest BCUT2D eigenvalue weighted by Crippen LogP contribution is 2.70. The van der Waals surface area contributed by atoms with Crippen LogP contribution in [-0.4, -0.2) is 52.5 Å². The van der Waals surface area contributed by atoms with Crippen molar-refractivity contribution in [2.75, 3.05) is 6.61 Å². The Balaban J connectivity index is 1.65. The quantitative estimate of drug-likeness (QED) is 0.533. The number of esters is 3. The molecule has 9 nitrogen and oxygen atoms in total. The summed E-state index contributed by atoms with van der Waals surface area (Å²) in [6.45, 7) is 2.88. The minimum atomic E-state index is -2.06. The third kappa shape index (κ3) is 2.47. The van der Waals surface area contributed by atoms with Gasteiger partial charge in [0, 0.05) is 25.3 Å². The zero-order valence-corrected chi connectivity index (χ0v) is 17.4. The van der Waals surface area contributed by atoms with Crippen LogP contribution in [0.15, 0.2) is 23.0 Å². The van der Waals surface area contributed by atoms with E-state index in [4.69, 9.17) is 18.6 Å². The molecule has 9 heteroatoms. The molecule has 2 saturated carbocycles. The summed E-state index contributed by atoms with van der Waals surface area (Å²) in [7, 11) is 0. The Morgan fingerprint density at radius 1 is 1.23 bits per heavy atom. The summed E-state index contributed by atoms with van der Waals surface area (Å²) >= 11 is 0. The van der Waals surface area contributed by atoms with E-state index in [9.17, 15) is 24.6 Å². The standard InChI is InChI=1S/C22H26O9/c1-11-5-17-21(10-29-12(2)23)16(6-14(24)7-22(21,27)19(26)31-17)20(11)8-15(30-18(20)25)13-3-4-28-9-13/h3-4,9,11,14-17,24,27H,5-8,10H2,1-2H3/t11-,14-,15-,16+,17-,20-,21+,22-/m0/s1. The maximum absolute atomic E-state index is 13.5. The van der Waals surface area contributed by atoms with Crippen LogP contribution in [0.25, 0.3) is 0 Å². The number of hydrogen-bond acceptors (Lipinski definition) is 9. The normalized spacial score (nSPS) is 45.9. The summed E-state index contributed by atoms with van der Waals surface area (Å²) in [6.07, 6.45) is 1.29. The van der Waals surface area contributed by atoms with Gasteiger partial charge in [-0.1, -0.05) is 6.92 Å². The van der Waals surface area contributed by atoms with E-state index in [2.05, 4.69) is 0 Å². The Hall–Kier alpha value is -2.39. The monoisotopic (exact) mass is 434 g/mol. The molecular formula is C22H26O9. The summed E-state index contributed by atoms with van der Waals surface area (Å²) in [4.78, 5) is 38.0. The summed E-state index contributed by atoms with van der Waals surface area (Å²) in [5.41, 5.74) is -3.76. The molecule has 0 radical (unpaired) electrons. The molecule has 4 fully saturated rings. The molecule has 3 heterocycles. The van der Waals surface area contributed by atoms with E-state index in [1.165, 1.54) is 19.5 Å². The predicted octanol–water partition coefficient (Wildman–Crippen LogP) is 1.27. The zero-order valence-electron chi connectivity index (χ0n) is 17.4. The van der Waals surface area contributed by atoms with Crippen molar-refractivity contribution in [2.45, 2.75) is 63.4 Å². The molecule has 5 rings (SSSR count).